The SMILES string of the molecule is Nn1c(SCC(=O)N2CC(=O)Nc3ccccc32)nnc1-c1ccc(Cl)cc1. The van der Waals surface area contributed by atoms with E-state index in [0.29, 0.717) is 27.4 Å². The van der Waals surface area contributed by atoms with Crippen LogP contribution in [0.1, 0.15) is 0 Å². The minimum Gasteiger partial charge on any atom is -0.335 e. The second-order valence-corrected chi connectivity index (χ2v) is 7.40. The molecule has 10 heteroatoms. The molecule has 0 atom stereocenters. The van der Waals surface area contributed by atoms with Crippen LogP contribution in [0.2, 0.25) is 5.02 Å². The number of nitrogens with zero attached hydrogens (tertiary/aromatic N) is 4. The summed E-state index contributed by atoms with van der Waals surface area (Å²) in [5.41, 5.74) is 2.05. The van der Waals surface area contributed by atoms with Crippen molar-refractivity contribution < 1.29 is 9.59 Å². The van der Waals surface area contributed by atoms with Crippen molar-refractivity contribution >= 4 is 46.6 Å². The molecule has 0 saturated heterocycles. The number of fused-ring (bicyclic) bond motifs is 1. The van der Waals surface area contributed by atoms with Gasteiger partial charge in [0.2, 0.25) is 17.0 Å². The number of nitrogens with one attached hydrogen (secondary N) is 1. The molecule has 3 N–H and O–H groups in total. The number of para-hydroxylation sites is 2. The molecule has 8 nitrogen and oxygen atoms in total. The number of rotatable bonds is 4. The Morgan fingerprint density at radius 1 is 1.18 bits per heavy atom. The number of amides is 2. The number of hydrogen-bond donors (Lipinski definition) is 2. The summed E-state index contributed by atoms with van der Waals surface area (Å²) < 4.78 is 1.33. The molecular weight excluding hydrogens is 400 g/mol. The number of carbonyl (C=O) groups is 2. The van der Waals surface area contributed by atoms with E-state index < -0.39 is 0 Å². The van der Waals surface area contributed by atoms with Crippen molar-refractivity contribution in [2.24, 2.45) is 0 Å². The van der Waals surface area contributed by atoms with E-state index in [0.717, 1.165) is 17.3 Å². The smallest absolute Gasteiger partial charge is 0.244 e. The van der Waals surface area contributed by atoms with E-state index in [9.17, 15) is 9.59 Å². The number of anilines is 2. The number of nitrogen functional groups attached to an aromatic ring is 1. The van der Waals surface area contributed by atoms with Crippen LogP contribution in [0.4, 0.5) is 11.4 Å². The van der Waals surface area contributed by atoms with Crippen molar-refractivity contribution in [1.82, 2.24) is 14.9 Å². The number of halogens is 1. The lowest BCUT2D eigenvalue weighted by molar-refractivity contribution is -0.120. The highest BCUT2D eigenvalue weighted by Crippen LogP contribution is 2.30. The summed E-state index contributed by atoms with van der Waals surface area (Å²) in [6.45, 7) is -0.0260. The lowest BCUT2D eigenvalue weighted by atomic mass is 10.2. The summed E-state index contributed by atoms with van der Waals surface area (Å²) in [5, 5.41) is 11.9. The van der Waals surface area contributed by atoms with Crippen molar-refractivity contribution in [1.29, 1.82) is 0 Å². The van der Waals surface area contributed by atoms with E-state index in [1.54, 1.807) is 42.5 Å². The zero-order valence-corrected chi connectivity index (χ0v) is 16.1. The van der Waals surface area contributed by atoms with Crippen molar-refractivity contribution in [2.45, 2.75) is 5.16 Å². The maximum atomic E-state index is 12.7. The topological polar surface area (TPSA) is 106 Å². The van der Waals surface area contributed by atoms with E-state index in [2.05, 4.69) is 15.5 Å². The Labute approximate surface area is 169 Å². The van der Waals surface area contributed by atoms with Gasteiger partial charge in [0.05, 0.1) is 17.1 Å². The van der Waals surface area contributed by atoms with Crippen LogP contribution in [0.15, 0.2) is 53.7 Å². The Morgan fingerprint density at radius 3 is 2.71 bits per heavy atom. The number of hydrogen-bond acceptors (Lipinski definition) is 6. The number of aromatic nitrogens is 3. The molecule has 1 aromatic heterocycles. The summed E-state index contributed by atoms with van der Waals surface area (Å²) in [7, 11) is 0. The molecule has 3 aromatic rings. The fourth-order valence-electron chi connectivity index (χ4n) is 2.83. The second kappa shape index (κ2) is 7.53. The lowest BCUT2D eigenvalue weighted by Crippen LogP contribution is -2.43. The molecule has 28 heavy (non-hydrogen) atoms. The fraction of sp³-hybridized carbons (Fsp3) is 0.111. The van der Waals surface area contributed by atoms with Crippen LogP contribution in [-0.4, -0.2) is 39.0 Å². The Hall–Kier alpha value is -3.04. The quantitative estimate of drug-likeness (QED) is 0.501. The van der Waals surface area contributed by atoms with E-state index in [1.165, 1.54) is 9.58 Å². The van der Waals surface area contributed by atoms with Crippen LogP contribution < -0.4 is 16.1 Å². The number of thioether (sulfide) groups is 1. The van der Waals surface area contributed by atoms with Gasteiger partial charge in [0.15, 0.2) is 5.82 Å². The van der Waals surface area contributed by atoms with Gasteiger partial charge < -0.3 is 16.1 Å². The second-order valence-electron chi connectivity index (χ2n) is 6.02. The van der Waals surface area contributed by atoms with Gasteiger partial charge in [-0.25, -0.2) is 4.68 Å². The standard InChI is InChI=1S/C18H15ClN6O2S/c19-12-7-5-11(6-8-12)17-22-23-18(25(17)20)28-10-16(27)24-9-15(26)21-13-3-1-2-4-14(13)24/h1-8H,9-10,20H2,(H,21,26). The Balaban J connectivity index is 1.49. The fourth-order valence-corrected chi connectivity index (χ4v) is 3.69. The molecule has 2 aromatic carbocycles. The molecule has 0 radical (unpaired) electrons. The first kappa shape index (κ1) is 18.3. The normalized spacial score (nSPS) is 13.2. The third-order valence-corrected chi connectivity index (χ3v) is 5.34. The van der Waals surface area contributed by atoms with Gasteiger partial charge in [0.25, 0.3) is 0 Å². The van der Waals surface area contributed by atoms with Crippen LogP contribution in [0.5, 0.6) is 0 Å². The minimum absolute atomic E-state index is 0.0260. The van der Waals surface area contributed by atoms with Gasteiger partial charge in [0.1, 0.15) is 6.54 Å². The highest BCUT2D eigenvalue weighted by atomic mass is 35.5. The van der Waals surface area contributed by atoms with Crippen molar-refractivity contribution in [3.63, 3.8) is 0 Å². The van der Waals surface area contributed by atoms with Crippen molar-refractivity contribution in [3.8, 4) is 11.4 Å². The molecule has 0 saturated carbocycles. The van der Waals surface area contributed by atoms with E-state index in [1.807, 2.05) is 6.07 Å². The van der Waals surface area contributed by atoms with E-state index in [-0.39, 0.29) is 24.1 Å². The summed E-state index contributed by atoms with van der Waals surface area (Å²) >= 11 is 7.06. The predicted octanol–water partition coefficient (Wildman–Crippen LogP) is 2.39. The molecule has 2 amide bonds. The first-order chi connectivity index (χ1) is 13.5. The van der Waals surface area contributed by atoms with E-state index >= 15 is 0 Å². The maximum absolute atomic E-state index is 12.7. The Kier molecular flexibility index (Phi) is 4.93. The summed E-state index contributed by atoms with van der Waals surface area (Å²) in [6, 6.07) is 14.2. The molecule has 0 unspecified atom stereocenters. The Morgan fingerprint density at radius 2 is 1.93 bits per heavy atom. The van der Waals surface area contributed by atoms with Gasteiger partial charge in [-0.15, -0.1) is 10.2 Å². The summed E-state index contributed by atoms with van der Waals surface area (Å²) in [6.07, 6.45) is 0. The van der Waals surface area contributed by atoms with Crippen LogP contribution in [0.3, 0.4) is 0 Å². The average Bonchev–Trinajstić information content (AvgIpc) is 3.06. The molecule has 0 aliphatic carbocycles. The number of carbonyl (C=O) groups excluding carboxylic acids is 2. The van der Waals surface area contributed by atoms with Gasteiger partial charge in [-0.1, -0.05) is 35.5 Å². The van der Waals surface area contributed by atoms with Crippen LogP contribution in [0.25, 0.3) is 11.4 Å². The monoisotopic (exact) mass is 414 g/mol. The predicted molar refractivity (Wildman–Crippen MR) is 109 cm³/mol. The van der Waals surface area contributed by atoms with Gasteiger partial charge in [-0.3, -0.25) is 9.59 Å². The first-order valence-corrected chi connectivity index (χ1v) is 9.68. The zero-order valence-electron chi connectivity index (χ0n) is 14.5. The van der Waals surface area contributed by atoms with Gasteiger partial charge >= 0.3 is 0 Å². The molecular formula is C18H15ClN6O2S. The summed E-state index contributed by atoms with van der Waals surface area (Å²) in [4.78, 5) is 26.1. The third-order valence-electron chi connectivity index (χ3n) is 4.16. The average molecular weight is 415 g/mol. The zero-order chi connectivity index (χ0) is 19.7. The molecule has 2 heterocycles. The molecule has 0 spiro atoms. The van der Waals surface area contributed by atoms with Crippen LogP contribution >= 0.6 is 23.4 Å². The third kappa shape index (κ3) is 3.54. The number of benzene rings is 2. The van der Waals surface area contributed by atoms with Gasteiger partial charge in [0, 0.05) is 10.6 Å². The first-order valence-electron chi connectivity index (χ1n) is 8.31. The minimum atomic E-state index is -0.232. The van der Waals surface area contributed by atoms with Gasteiger partial charge in [-0.05, 0) is 36.4 Å². The Bertz CT molecular complexity index is 1050. The van der Waals surface area contributed by atoms with Gasteiger partial charge in [-0.2, -0.15) is 0 Å². The maximum Gasteiger partial charge on any atom is 0.244 e. The van der Waals surface area contributed by atoms with E-state index in [4.69, 9.17) is 17.4 Å². The van der Waals surface area contributed by atoms with Crippen molar-refractivity contribution in [2.75, 3.05) is 28.4 Å². The number of nitrogens with two attached hydrogens (primary N) is 1. The highest BCUT2D eigenvalue weighted by Gasteiger charge is 2.27. The molecule has 0 bridgehead atoms. The molecule has 1 aliphatic heterocycles. The van der Waals surface area contributed by atoms with Crippen LogP contribution in [-0.2, 0) is 9.59 Å². The molecule has 142 valence electrons. The van der Waals surface area contributed by atoms with Crippen LogP contribution in [0, 0.1) is 0 Å². The largest absolute Gasteiger partial charge is 0.335 e. The van der Waals surface area contributed by atoms with Crippen molar-refractivity contribution in [3.05, 3.63) is 53.6 Å². The highest BCUT2D eigenvalue weighted by molar-refractivity contribution is 7.99. The lowest BCUT2D eigenvalue weighted by Gasteiger charge is -2.28. The molecule has 1 aliphatic rings. The molecule has 4 rings (SSSR count). The molecule has 0 fully saturated rings. The summed E-state index contributed by atoms with van der Waals surface area (Å²) in [5.74, 6) is 6.17.